The zero-order valence-electron chi connectivity index (χ0n) is 13.8. The summed E-state index contributed by atoms with van der Waals surface area (Å²) < 4.78 is 16.9. The number of rotatable bonds is 2. The molecule has 1 atom stereocenters. The number of carbonyl (C=O) groups is 2. The topological polar surface area (TPSA) is 66.8 Å². The second-order valence-corrected chi connectivity index (χ2v) is 6.41. The van der Waals surface area contributed by atoms with E-state index in [1.54, 1.807) is 33.9 Å². The Morgan fingerprint density at radius 2 is 1.95 bits per heavy atom. The fourth-order valence-electron chi connectivity index (χ4n) is 2.65. The Bertz CT molecular complexity index is 582. The van der Waals surface area contributed by atoms with Crippen molar-refractivity contribution in [2.24, 2.45) is 0 Å². The van der Waals surface area contributed by atoms with Gasteiger partial charge in [0.15, 0.2) is 0 Å². The molecule has 0 aromatic carbocycles. The first kappa shape index (κ1) is 16.5. The van der Waals surface area contributed by atoms with Crippen LogP contribution in [0, 0.1) is 0 Å². The minimum atomic E-state index is -0.642. The Morgan fingerprint density at radius 1 is 1.27 bits per heavy atom. The summed E-state index contributed by atoms with van der Waals surface area (Å²) in [4.78, 5) is 24.5. The van der Waals surface area contributed by atoms with Crippen LogP contribution in [-0.2, 0) is 27.1 Å². The zero-order chi connectivity index (χ0) is 16.5. The molecule has 0 fully saturated rings. The predicted octanol–water partition coefficient (Wildman–Crippen LogP) is 2.56. The molecule has 0 amide bonds. The highest BCUT2D eigenvalue weighted by Crippen LogP contribution is 2.28. The molecule has 0 saturated carbocycles. The van der Waals surface area contributed by atoms with Crippen molar-refractivity contribution in [2.75, 3.05) is 14.2 Å². The highest BCUT2D eigenvalue weighted by atomic mass is 16.6. The first-order valence-electron chi connectivity index (χ1n) is 7.34. The lowest BCUT2D eigenvalue weighted by Gasteiger charge is -2.25. The maximum atomic E-state index is 12.5. The van der Waals surface area contributed by atoms with Crippen LogP contribution in [0.1, 0.15) is 48.9 Å². The number of methoxy groups -OCH3 is 2. The fourth-order valence-corrected chi connectivity index (χ4v) is 2.65. The third-order valence-corrected chi connectivity index (χ3v) is 3.65. The maximum absolute atomic E-state index is 12.5. The Labute approximate surface area is 130 Å². The normalized spacial score (nSPS) is 17.8. The lowest BCUT2D eigenvalue weighted by molar-refractivity contribution is 0.0468. The van der Waals surface area contributed by atoms with Crippen LogP contribution in [0.25, 0.3) is 0 Å². The van der Waals surface area contributed by atoms with Crippen molar-refractivity contribution >= 4 is 12.1 Å². The van der Waals surface area contributed by atoms with Gasteiger partial charge in [0, 0.05) is 19.2 Å². The molecule has 1 aliphatic rings. The highest BCUT2D eigenvalue weighted by molar-refractivity contribution is 5.93. The molecule has 122 valence electrons. The van der Waals surface area contributed by atoms with Gasteiger partial charge < -0.3 is 14.2 Å². The summed E-state index contributed by atoms with van der Waals surface area (Å²) in [5.74, 6) is -0.547. The molecule has 0 saturated heterocycles. The van der Waals surface area contributed by atoms with Crippen molar-refractivity contribution in [1.82, 2.24) is 4.57 Å². The number of hydrogen-bond donors (Lipinski definition) is 0. The van der Waals surface area contributed by atoms with Gasteiger partial charge in [0.2, 0.25) is 0 Å². The molecule has 1 aliphatic carbocycles. The molecule has 0 spiro atoms. The molecule has 6 nitrogen and oxygen atoms in total. The molecule has 6 heteroatoms. The van der Waals surface area contributed by atoms with Gasteiger partial charge in [-0.3, -0.25) is 0 Å². The lowest BCUT2D eigenvalue weighted by atomic mass is 9.95. The van der Waals surface area contributed by atoms with Gasteiger partial charge in [-0.1, -0.05) is 0 Å². The molecule has 0 radical (unpaired) electrons. The summed E-state index contributed by atoms with van der Waals surface area (Å²) in [5, 5.41) is 0. The Balaban J connectivity index is 2.46. The molecular weight excluding hydrogens is 286 g/mol. The summed E-state index contributed by atoms with van der Waals surface area (Å²) in [5.41, 5.74) is 1.31. The van der Waals surface area contributed by atoms with Crippen LogP contribution in [0.4, 0.5) is 4.79 Å². The second-order valence-electron chi connectivity index (χ2n) is 6.41. The van der Waals surface area contributed by atoms with Gasteiger partial charge in [-0.15, -0.1) is 0 Å². The van der Waals surface area contributed by atoms with Gasteiger partial charge in [0.25, 0.3) is 0 Å². The van der Waals surface area contributed by atoms with E-state index in [1.807, 2.05) is 0 Å². The van der Waals surface area contributed by atoms with E-state index >= 15 is 0 Å². The number of nitrogens with zero attached hydrogens (tertiary/aromatic N) is 1. The molecule has 1 aromatic heterocycles. The number of aryl methyl sites for hydroxylation is 1. The van der Waals surface area contributed by atoms with Gasteiger partial charge in [-0.2, -0.15) is 0 Å². The van der Waals surface area contributed by atoms with Crippen LogP contribution in [0.15, 0.2) is 6.07 Å². The molecule has 22 heavy (non-hydrogen) atoms. The quantitative estimate of drug-likeness (QED) is 0.785. The van der Waals surface area contributed by atoms with Gasteiger partial charge in [-0.05, 0) is 45.2 Å². The van der Waals surface area contributed by atoms with Crippen molar-refractivity contribution in [3.8, 4) is 0 Å². The van der Waals surface area contributed by atoms with E-state index in [-0.39, 0.29) is 11.8 Å². The van der Waals surface area contributed by atoms with Gasteiger partial charge in [-0.25, -0.2) is 14.2 Å². The largest absolute Gasteiger partial charge is 0.464 e. The van der Waals surface area contributed by atoms with E-state index in [2.05, 4.69) is 0 Å². The van der Waals surface area contributed by atoms with Crippen molar-refractivity contribution in [3.05, 3.63) is 23.0 Å². The predicted molar refractivity (Wildman–Crippen MR) is 80.2 cm³/mol. The number of hydrogen-bond acceptors (Lipinski definition) is 5. The van der Waals surface area contributed by atoms with Crippen LogP contribution in [-0.4, -0.2) is 42.6 Å². The van der Waals surface area contributed by atoms with Crippen molar-refractivity contribution in [2.45, 2.75) is 51.7 Å². The SMILES string of the molecule is COC(=O)c1cc2c(n1C(=O)OC(C)(C)C)CC(OC)CC2. The Morgan fingerprint density at radius 3 is 2.50 bits per heavy atom. The van der Waals surface area contributed by atoms with Gasteiger partial charge in [0.05, 0.1) is 13.2 Å². The summed E-state index contributed by atoms with van der Waals surface area (Å²) in [6.45, 7) is 5.36. The number of esters is 1. The van der Waals surface area contributed by atoms with Crippen LogP contribution in [0.2, 0.25) is 0 Å². The number of carbonyl (C=O) groups excluding carboxylic acids is 2. The first-order chi connectivity index (χ1) is 10.3. The Kier molecular flexibility index (Phi) is 4.60. The van der Waals surface area contributed by atoms with E-state index in [1.165, 1.54) is 11.7 Å². The first-order valence-corrected chi connectivity index (χ1v) is 7.34. The number of aromatic nitrogens is 1. The molecule has 0 bridgehead atoms. The van der Waals surface area contributed by atoms with Crippen LogP contribution >= 0.6 is 0 Å². The van der Waals surface area contributed by atoms with E-state index < -0.39 is 17.7 Å². The van der Waals surface area contributed by atoms with Crippen molar-refractivity contribution < 1.29 is 23.8 Å². The van der Waals surface area contributed by atoms with Gasteiger partial charge >= 0.3 is 12.1 Å². The summed E-state index contributed by atoms with van der Waals surface area (Å²) >= 11 is 0. The van der Waals surface area contributed by atoms with Crippen molar-refractivity contribution in [3.63, 3.8) is 0 Å². The molecule has 1 heterocycles. The molecule has 0 aliphatic heterocycles. The molecule has 1 aromatic rings. The lowest BCUT2D eigenvalue weighted by Crippen LogP contribution is -2.32. The molecular formula is C16H23NO5. The third kappa shape index (κ3) is 3.32. The highest BCUT2D eigenvalue weighted by Gasteiger charge is 2.31. The van der Waals surface area contributed by atoms with Crippen LogP contribution < -0.4 is 0 Å². The molecule has 1 unspecified atom stereocenters. The van der Waals surface area contributed by atoms with E-state index in [0.717, 1.165) is 24.1 Å². The molecule has 0 N–H and O–H groups in total. The van der Waals surface area contributed by atoms with Gasteiger partial charge in [0.1, 0.15) is 11.3 Å². The van der Waals surface area contributed by atoms with E-state index in [4.69, 9.17) is 14.2 Å². The summed E-state index contributed by atoms with van der Waals surface area (Å²) in [7, 11) is 2.95. The second kappa shape index (κ2) is 6.12. The minimum absolute atomic E-state index is 0.0362. The smallest absolute Gasteiger partial charge is 0.419 e. The van der Waals surface area contributed by atoms with E-state index in [9.17, 15) is 9.59 Å². The van der Waals surface area contributed by atoms with E-state index in [0.29, 0.717) is 6.42 Å². The average molecular weight is 309 g/mol. The molecule has 2 rings (SSSR count). The standard InChI is InChI=1S/C16H23NO5/c1-16(2,3)22-15(19)17-12-9-11(20-4)7-6-10(12)8-13(17)14(18)21-5/h8,11H,6-7,9H2,1-5H3. The minimum Gasteiger partial charge on any atom is -0.464 e. The van der Waals surface area contributed by atoms with Crippen LogP contribution in [0.3, 0.4) is 0 Å². The average Bonchev–Trinajstić information content (AvgIpc) is 2.82. The zero-order valence-corrected chi connectivity index (χ0v) is 13.8. The number of ether oxygens (including phenoxy) is 3. The van der Waals surface area contributed by atoms with Crippen molar-refractivity contribution in [1.29, 1.82) is 0 Å². The Hall–Kier alpha value is -1.82. The summed E-state index contributed by atoms with van der Waals surface area (Å²) in [6.07, 6.45) is 1.66. The number of fused-ring (bicyclic) bond motifs is 1. The fraction of sp³-hybridized carbons (Fsp3) is 0.625. The maximum Gasteiger partial charge on any atom is 0.419 e. The monoisotopic (exact) mass is 309 g/mol. The summed E-state index contributed by atoms with van der Waals surface area (Å²) in [6, 6.07) is 1.72. The van der Waals surface area contributed by atoms with Crippen LogP contribution in [0.5, 0.6) is 0 Å². The third-order valence-electron chi connectivity index (χ3n) is 3.65.